The molecule has 0 aliphatic carbocycles. The second-order valence-corrected chi connectivity index (χ2v) is 7.37. The Morgan fingerprint density at radius 3 is 2.06 bits per heavy atom. The average molecular weight is 447 g/mol. The summed E-state index contributed by atoms with van der Waals surface area (Å²) in [7, 11) is 2.97. The van der Waals surface area contributed by atoms with E-state index in [0.717, 1.165) is 5.56 Å². The quantitative estimate of drug-likeness (QED) is 0.464. The predicted molar refractivity (Wildman–Crippen MR) is 127 cm³/mol. The van der Waals surface area contributed by atoms with Crippen LogP contribution < -0.4 is 20.1 Å². The minimum Gasteiger partial charge on any atom is -0.493 e. The molecule has 0 aromatic heterocycles. The van der Waals surface area contributed by atoms with Gasteiger partial charge >= 0.3 is 0 Å². The lowest BCUT2D eigenvalue weighted by atomic mass is 10.1. The van der Waals surface area contributed by atoms with Crippen LogP contribution in [0.4, 0.5) is 11.4 Å². The number of ketones is 1. The zero-order valence-corrected chi connectivity index (χ0v) is 18.8. The van der Waals surface area contributed by atoms with Crippen LogP contribution in [0.1, 0.15) is 39.6 Å². The topological polar surface area (TPSA) is 93.7 Å². The molecule has 0 aliphatic rings. The monoisotopic (exact) mass is 446 g/mol. The molecule has 0 aliphatic heterocycles. The van der Waals surface area contributed by atoms with E-state index >= 15 is 0 Å². The van der Waals surface area contributed by atoms with E-state index in [0.29, 0.717) is 40.4 Å². The number of carbonyl (C=O) groups excluding carboxylic acids is 3. The first kappa shape index (κ1) is 23.5. The zero-order chi connectivity index (χ0) is 23.8. The third-order valence-electron chi connectivity index (χ3n) is 5.07. The maximum atomic E-state index is 12.5. The van der Waals surface area contributed by atoms with E-state index in [-0.39, 0.29) is 24.0 Å². The number of Topliss-reactive ketones (excluding diaryl/α,β-unsaturated/α-hetero) is 1. The normalized spacial score (nSPS) is 10.3. The Bertz CT molecular complexity index is 1140. The highest BCUT2D eigenvalue weighted by molar-refractivity contribution is 6.05. The van der Waals surface area contributed by atoms with Gasteiger partial charge in [-0.15, -0.1) is 0 Å². The molecule has 7 heteroatoms. The van der Waals surface area contributed by atoms with Crippen LogP contribution in [0.25, 0.3) is 0 Å². The summed E-state index contributed by atoms with van der Waals surface area (Å²) in [6, 6.07) is 19.4. The second kappa shape index (κ2) is 10.9. The summed E-state index contributed by atoms with van der Waals surface area (Å²) in [6.45, 7) is 1.43. The lowest BCUT2D eigenvalue weighted by Gasteiger charge is -2.14. The van der Waals surface area contributed by atoms with E-state index in [9.17, 15) is 14.4 Å². The van der Waals surface area contributed by atoms with Gasteiger partial charge in [-0.2, -0.15) is 0 Å². The van der Waals surface area contributed by atoms with Gasteiger partial charge in [0.2, 0.25) is 5.91 Å². The average Bonchev–Trinajstić information content (AvgIpc) is 2.83. The third kappa shape index (κ3) is 6.20. The molecule has 3 aromatic rings. The molecule has 3 aromatic carbocycles. The van der Waals surface area contributed by atoms with Crippen LogP contribution in [0.3, 0.4) is 0 Å². The Morgan fingerprint density at radius 2 is 1.45 bits per heavy atom. The molecule has 170 valence electrons. The summed E-state index contributed by atoms with van der Waals surface area (Å²) in [5, 5.41) is 5.64. The lowest BCUT2D eigenvalue weighted by molar-refractivity contribution is -0.116. The minimum atomic E-state index is -0.230. The number of benzene rings is 3. The van der Waals surface area contributed by atoms with E-state index in [1.54, 1.807) is 36.4 Å². The molecule has 0 atom stereocenters. The second-order valence-electron chi connectivity index (χ2n) is 7.37. The SMILES string of the molecule is COc1cc(NC(=O)CCc2ccc(NC(=O)c3ccccc3)cc2)c(C(C)=O)cc1OC. The standard InChI is InChI=1S/C26H26N2O5/c1-17(29)21-15-23(32-2)24(33-3)16-22(21)28-25(30)14-11-18-9-12-20(13-10-18)27-26(31)19-7-5-4-6-8-19/h4-10,12-13,15-16H,11,14H2,1-3H3,(H,27,31)(H,28,30). The largest absolute Gasteiger partial charge is 0.493 e. The molecule has 0 unspecified atom stereocenters. The van der Waals surface area contributed by atoms with Gasteiger partial charge in [0.15, 0.2) is 17.3 Å². The van der Waals surface area contributed by atoms with Crippen LogP contribution in [0.2, 0.25) is 0 Å². The molecule has 2 N–H and O–H groups in total. The predicted octanol–water partition coefficient (Wildman–Crippen LogP) is 4.73. The smallest absolute Gasteiger partial charge is 0.255 e. The van der Waals surface area contributed by atoms with E-state index in [1.807, 2.05) is 30.3 Å². The van der Waals surface area contributed by atoms with E-state index < -0.39 is 0 Å². The van der Waals surface area contributed by atoms with Gasteiger partial charge in [0.1, 0.15) is 0 Å². The first-order chi connectivity index (χ1) is 15.9. The number of nitrogens with one attached hydrogen (secondary N) is 2. The van der Waals surface area contributed by atoms with Crippen molar-refractivity contribution >= 4 is 29.0 Å². The molecule has 0 heterocycles. The highest BCUT2D eigenvalue weighted by Crippen LogP contribution is 2.33. The molecule has 0 radical (unpaired) electrons. The van der Waals surface area contributed by atoms with Crippen molar-refractivity contribution in [1.82, 2.24) is 0 Å². The van der Waals surface area contributed by atoms with Crippen LogP contribution in [0.15, 0.2) is 66.7 Å². The molecular weight excluding hydrogens is 420 g/mol. The minimum absolute atomic E-state index is 0.182. The zero-order valence-electron chi connectivity index (χ0n) is 18.8. The number of carbonyl (C=O) groups is 3. The fourth-order valence-corrected chi connectivity index (χ4v) is 3.29. The molecule has 2 amide bonds. The number of anilines is 2. The molecule has 0 saturated heterocycles. The Hall–Kier alpha value is -4.13. The van der Waals surface area contributed by atoms with Crippen molar-refractivity contribution in [2.45, 2.75) is 19.8 Å². The van der Waals surface area contributed by atoms with Crippen molar-refractivity contribution in [2.75, 3.05) is 24.9 Å². The van der Waals surface area contributed by atoms with Gasteiger partial charge in [-0.25, -0.2) is 0 Å². The molecule has 0 saturated carbocycles. The Labute approximate surface area is 192 Å². The Kier molecular flexibility index (Phi) is 7.81. The number of hydrogen-bond acceptors (Lipinski definition) is 5. The molecule has 33 heavy (non-hydrogen) atoms. The van der Waals surface area contributed by atoms with Gasteiger partial charge in [0.05, 0.1) is 19.9 Å². The first-order valence-electron chi connectivity index (χ1n) is 10.4. The number of rotatable bonds is 9. The van der Waals surface area contributed by atoms with E-state index in [2.05, 4.69) is 10.6 Å². The van der Waals surface area contributed by atoms with Gasteiger partial charge in [-0.1, -0.05) is 30.3 Å². The van der Waals surface area contributed by atoms with Crippen LogP contribution >= 0.6 is 0 Å². The van der Waals surface area contributed by atoms with Crippen molar-refractivity contribution in [1.29, 1.82) is 0 Å². The highest BCUT2D eigenvalue weighted by atomic mass is 16.5. The fraction of sp³-hybridized carbons (Fsp3) is 0.192. The van der Waals surface area contributed by atoms with Gasteiger partial charge in [0, 0.05) is 29.3 Å². The van der Waals surface area contributed by atoms with Crippen LogP contribution in [0.5, 0.6) is 11.5 Å². The van der Waals surface area contributed by atoms with Crippen molar-refractivity contribution < 1.29 is 23.9 Å². The summed E-state index contributed by atoms with van der Waals surface area (Å²) in [5.74, 6) is 0.232. The number of hydrogen-bond donors (Lipinski definition) is 2. The van der Waals surface area contributed by atoms with Crippen LogP contribution in [0, 0.1) is 0 Å². The maximum absolute atomic E-state index is 12.5. The molecular formula is C26H26N2O5. The molecule has 0 bridgehead atoms. The lowest BCUT2D eigenvalue weighted by Crippen LogP contribution is -2.15. The number of ether oxygens (including phenoxy) is 2. The third-order valence-corrected chi connectivity index (χ3v) is 5.07. The molecule has 7 nitrogen and oxygen atoms in total. The highest BCUT2D eigenvalue weighted by Gasteiger charge is 2.16. The van der Waals surface area contributed by atoms with Crippen molar-refractivity contribution in [3.63, 3.8) is 0 Å². The van der Waals surface area contributed by atoms with Gasteiger partial charge in [0.25, 0.3) is 5.91 Å². The fourth-order valence-electron chi connectivity index (χ4n) is 3.29. The van der Waals surface area contributed by atoms with E-state index in [4.69, 9.17) is 9.47 Å². The molecule has 3 rings (SSSR count). The Balaban J connectivity index is 1.60. The summed E-state index contributed by atoms with van der Waals surface area (Å²) in [5.41, 5.74) is 2.93. The van der Waals surface area contributed by atoms with Crippen molar-refractivity contribution in [3.05, 3.63) is 83.4 Å². The number of aryl methyl sites for hydroxylation is 1. The number of methoxy groups -OCH3 is 2. The van der Waals surface area contributed by atoms with Crippen molar-refractivity contribution in [3.8, 4) is 11.5 Å². The molecule has 0 fully saturated rings. The van der Waals surface area contributed by atoms with E-state index in [1.165, 1.54) is 21.1 Å². The summed E-state index contributed by atoms with van der Waals surface area (Å²) in [6.07, 6.45) is 0.725. The maximum Gasteiger partial charge on any atom is 0.255 e. The number of amides is 2. The first-order valence-corrected chi connectivity index (χ1v) is 10.4. The van der Waals surface area contributed by atoms with Crippen LogP contribution in [-0.4, -0.2) is 31.8 Å². The summed E-state index contributed by atoms with van der Waals surface area (Å²) in [4.78, 5) is 36.8. The Morgan fingerprint density at radius 1 is 0.818 bits per heavy atom. The van der Waals surface area contributed by atoms with Gasteiger partial charge < -0.3 is 20.1 Å². The van der Waals surface area contributed by atoms with Gasteiger partial charge in [-0.3, -0.25) is 14.4 Å². The van der Waals surface area contributed by atoms with Gasteiger partial charge in [-0.05, 0) is 49.2 Å². The molecule has 0 spiro atoms. The van der Waals surface area contributed by atoms with Crippen LogP contribution in [-0.2, 0) is 11.2 Å². The summed E-state index contributed by atoms with van der Waals surface area (Å²) >= 11 is 0. The van der Waals surface area contributed by atoms with Crippen molar-refractivity contribution in [2.24, 2.45) is 0 Å². The summed E-state index contributed by atoms with van der Waals surface area (Å²) < 4.78 is 10.5.